The fourth-order valence-corrected chi connectivity index (χ4v) is 2.29. The lowest BCUT2D eigenvalue weighted by molar-refractivity contribution is 0.393. The van der Waals surface area contributed by atoms with Gasteiger partial charge in [0.15, 0.2) is 0 Å². The fraction of sp³-hybridized carbons (Fsp3) is 0.308. The zero-order valence-corrected chi connectivity index (χ0v) is 11.7. The van der Waals surface area contributed by atoms with E-state index in [0.29, 0.717) is 13.1 Å². The van der Waals surface area contributed by atoms with Crippen molar-refractivity contribution in [3.8, 4) is 11.5 Å². The van der Waals surface area contributed by atoms with Crippen LogP contribution in [0.4, 0.5) is 0 Å². The van der Waals surface area contributed by atoms with E-state index >= 15 is 0 Å². The predicted octanol–water partition coefficient (Wildman–Crippen LogP) is 1.74. The van der Waals surface area contributed by atoms with Crippen LogP contribution in [0.2, 0.25) is 0 Å². The van der Waals surface area contributed by atoms with Gasteiger partial charge in [-0.05, 0) is 17.7 Å². The lowest BCUT2D eigenvalue weighted by Gasteiger charge is -2.09. The molecular formula is C13H16N2O3S. The van der Waals surface area contributed by atoms with Gasteiger partial charge in [-0.3, -0.25) is 4.79 Å². The molecule has 0 spiro atoms. The van der Waals surface area contributed by atoms with Gasteiger partial charge in [-0.15, -0.1) is 0 Å². The molecule has 1 aromatic carbocycles. The highest BCUT2D eigenvalue weighted by Gasteiger charge is 2.02. The molecule has 6 heteroatoms. The van der Waals surface area contributed by atoms with Crippen LogP contribution >= 0.6 is 11.3 Å². The first kappa shape index (κ1) is 13.6. The molecule has 102 valence electrons. The molecule has 2 aromatic rings. The second kappa shape index (κ2) is 6.40. The van der Waals surface area contributed by atoms with Gasteiger partial charge in [-0.1, -0.05) is 11.3 Å². The molecule has 0 aliphatic carbocycles. The molecule has 2 N–H and O–H groups in total. The third kappa shape index (κ3) is 3.84. The Bertz CT molecular complexity index is 569. The summed E-state index contributed by atoms with van der Waals surface area (Å²) in [4.78, 5) is 13.7. The van der Waals surface area contributed by atoms with Crippen LogP contribution in [-0.2, 0) is 13.1 Å². The zero-order valence-electron chi connectivity index (χ0n) is 10.9. The zero-order chi connectivity index (χ0) is 13.7. The molecule has 1 heterocycles. The molecule has 0 fully saturated rings. The maximum absolute atomic E-state index is 11.0. The van der Waals surface area contributed by atoms with Gasteiger partial charge in [-0.25, -0.2) is 0 Å². The van der Waals surface area contributed by atoms with Crippen LogP contribution in [0.1, 0.15) is 11.3 Å². The van der Waals surface area contributed by atoms with Crippen molar-refractivity contribution in [2.45, 2.75) is 13.1 Å². The largest absolute Gasteiger partial charge is 0.497 e. The highest BCUT2D eigenvalue weighted by atomic mass is 32.1. The first-order chi connectivity index (χ1) is 9.21. The molecule has 0 aliphatic rings. The van der Waals surface area contributed by atoms with Crippen molar-refractivity contribution in [3.05, 3.63) is 44.5 Å². The molecule has 5 nitrogen and oxygen atoms in total. The lowest BCUT2D eigenvalue weighted by atomic mass is 10.2. The minimum Gasteiger partial charge on any atom is -0.497 e. The summed E-state index contributed by atoms with van der Waals surface area (Å²) in [6.45, 7) is 1.30. The number of methoxy groups -OCH3 is 2. The van der Waals surface area contributed by atoms with E-state index in [-0.39, 0.29) is 4.87 Å². The quantitative estimate of drug-likeness (QED) is 0.846. The molecule has 0 unspecified atom stereocenters. The van der Waals surface area contributed by atoms with E-state index in [9.17, 15) is 4.79 Å². The average Bonchev–Trinajstić information content (AvgIpc) is 2.84. The Morgan fingerprint density at radius 3 is 2.37 bits per heavy atom. The topological polar surface area (TPSA) is 63.3 Å². The van der Waals surface area contributed by atoms with Gasteiger partial charge in [0.25, 0.3) is 0 Å². The van der Waals surface area contributed by atoms with Crippen LogP contribution in [0.3, 0.4) is 0 Å². The molecular weight excluding hydrogens is 264 g/mol. The summed E-state index contributed by atoms with van der Waals surface area (Å²) in [7, 11) is 3.25. The third-order valence-electron chi connectivity index (χ3n) is 2.63. The Morgan fingerprint density at radius 2 is 1.84 bits per heavy atom. The molecule has 0 aliphatic heterocycles. The molecule has 0 saturated carbocycles. The number of nitrogens with one attached hydrogen (secondary N) is 2. The molecule has 0 bridgehead atoms. The average molecular weight is 280 g/mol. The summed E-state index contributed by atoms with van der Waals surface area (Å²) >= 11 is 1.17. The van der Waals surface area contributed by atoms with Crippen LogP contribution < -0.4 is 19.7 Å². The predicted molar refractivity (Wildman–Crippen MR) is 75.0 cm³/mol. The molecule has 0 amide bonds. The number of benzene rings is 1. The normalized spacial score (nSPS) is 10.4. The van der Waals surface area contributed by atoms with Crippen LogP contribution in [0.5, 0.6) is 11.5 Å². The van der Waals surface area contributed by atoms with E-state index in [1.807, 2.05) is 23.6 Å². The van der Waals surface area contributed by atoms with E-state index in [1.54, 1.807) is 14.2 Å². The summed E-state index contributed by atoms with van der Waals surface area (Å²) in [5, 5.41) is 5.08. The van der Waals surface area contributed by atoms with Gasteiger partial charge in [0.05, 0.1) is 14.2 Å². The van der Waals surface area contributed by atoms with Crippen LogP contribution in [0.25, 0.3) is 0 Å². The molecule has 2 rings (SSSR count). The van der Waals surface area contributed by atoms with Crippen LogP contribution in [0.15, 0.2) is 28.4 Å². The number of hydrogen-bond donors (Lipinski definition) is 2. The van der Waals surface area contributed by atoms with Crippen LogP contribution in [0, 0.1) is 0 Å². The number of ether oxygens (including phenoxy) is 2. The van der Waals surface area contributed by atoms with Gasteiger partial charge in [0.1, 0.15) is 11.5 Å². The highest BCUT2D eigenvalue weighted by molar-refractivity contribution is 7.07. The Balaban J connectivity index is 1.96. The number of rotatable bonds is 6. The smallest absolute Gasteiger partial charge is 0.304 e. The van der Waals surface area contributed by atoms with Crippen LogP contribution in [-0.4, -0.2) is 19.2 Å². The van der Waals surface area contributed by atoms with E-state index in [4.69, 9.17) is 9.47 Å². The minimum absolute atomic E-state index is 0.0279. The van der Waals surface area contributed by atoms with Gasteiger partial charge in [0.2, 0.25) is 0 Å². The van der Waals surface area contributed by atoms with Gasteiger partial charge in [0, 0.05) is 30.2 Å². The lowest BCUT2D eigenvalue weighted by Crippen LogP contribution is -2.13. The maximum Gasteiger partial charge on any atom is 0.304 e. The number of H-pyrrole nitrogens is 1. The number of hydrogen-bond acceptors (Lipinski definition) is 5. The second-order valence-corrected chi connectivity index (χ2v) is 4.84. The van der Waals surface area contributed by atoms with Crippen molar-refractivity contribution in [2.75, 3.05) is 14.2 Å². The molecule has 1 aromatic heterocycles. The first-order valence-electron chi connectivity index (χ1n) is 5.80. The Labute approximate surface area is 115 Å². The molecule has 0 radical (unpaired) electrons. The molecule has 0 saturated heterocycles. The van der Waals surface area contributed by atoms with E-state index < -0.39 is 0 Å². The highest BCUT2D eigenvalue weighted by Crippen LogP contribution is 2.22. The minimum atomic E-state index is -0.0279. The molecule has 0 atom stereocenters. The van der Waals surface area contributed by atoms with E-state index in [1.165, 1.54) is 11.3 Å². The monoisotopic (exact) mass is 280 g/mol. The summed E-state index contributed by atoms with van der Waals surface area (Å²) in [6, 6.07) is 5.73. The summed E-state index contributed by atoms with van der Waals surface area (Å²) in [5.74, 6) is 1.53. The van der Waals surface area contributed by atoms with Gasteiger partial charge in [-0.2, -0.15) is 0 Å². The summed E-state index contributed by atoms with van der Waals surface area (Å²) in [5.41, 5.74) is 1.96. The van der Waals surface area contributed by atoms with Crippen molar-refractivity contribution in [1.82, 2.24) is 10.3 Å². The number of thiazole rings is 1. The Hall–Kier alpha value is -1.79. The first-order valence-corrected chi connectivity index (χ1v) is 6.68. The Kier molecular flexibility index (Phi) is 4.59. The summed E-state index contributed by atoms with van der Waals surface area (Å²) < 4.78 is 10.4. The van der Waals surface area contributed by atoms with Crippen molar-refractivity contribution in [2.24, 2.45) is 0 Å². The van der Waals surface area contributed by atoms with Gasteiger partial charge < -0.3 is 19.8 Å². The standard InChI is InChI=1S/C13H16N2O3S/c1-17-11-3-9(4-12(5-11)18-2)6-14-7-10-8-19-13(16)15-10/h3-5,8,14H,6-7H2,1-2H3,(H,15,16). The fourth-order valence-electron chi connectivity index (χ4n) is 1.71. The van der Waals surface area contributed by atoms with Crippen molar-refractivity contribution in [1.29, 1.82) is 0 Å². The van der Waals surface area contributed by atoms with Gasteiger partial charge >= 0.3 is 4.87 Å². The maximum atomic E-state index is 11.0. The molecule has 19 heavy (non-hydrogen) atoms. The SMILES string of the molecule is COc1cc(CNCc2csc(=O)[nH]2)cc(OC)c1. The number of aromatic nitrogens is 1. The summed E-state index contributed by atoms with van der Waals surface area (Å²) in [6.07, 6.45) is 0. The van der Waals surface area contributed by atoms with E-state index in [2.05, 4.69) is 10.3 Å². The second-order valence-electron chi connectivity index (χ2n) is 4.00. The number of aromatic amines is 1. The Morgan fingerprint density at radius 1 is 1.16 bits per heavy atom. The van der Waals surface area contributed by atoms with Crippen molar-refractivity contribution in [3.63, 3.8) is 0 Å². The van der Waals surface area contributed by atoms with Crippen molar-refractivity contribution >= 4 is 11.3 Å². The van der Waals surface area contributed by atoms with Crippen molar-refractivity contribution < 1.29 is 9.47 Å². The third-order valence-corrected chi connectivity index (χ3v) is 3.35. The van der Waals surface area contributed by atoms with E-state index in [0.717, 1.165) is 22.8 Å².